The molecule has 0 unspecified atom stereocenters. The lowest BCUT2D eigenvalue weighted by Crippen LogP contribution is -2.26. The molecule has 13 heteroatoms. The number of imidazole rings is 1. The third kappa shape index (κ3) is 5.44. The van der Waals surface area contributed by atoms with E-state index < -0.39 is 24.8 Å². The number of pyridine rings is 1. The van der Waals surface area contributed by atoms with Gasteiger partial charge < -0.3 is 15.4 Å². The molecule has 4 rings (SSSR count). The SMILES string of the molecule is CCc1cc(Nc2cccn3c(-c4cn(CC(F)F)nc4C(F)(F)F)cnc23)ccc1C(=O)NCC=O. The van der Waals surface area contributed by atoms with E-state index in [9.17, 15) is 31.5 Å². The third-order valence-corrected chi connectivity index (χ3v) is 5.52. The Morgan fingerprint density at radius 2 is 2.00 bits per heavy atom. The van der Waals surface area contributed by atoms with Crippen molar-refractivity contribution in [2.45, 2.75) is 32.5 Å². The Hall–Kier alpha value is -4.29. The van der Waals surface area contributed by atoms with Crippen LogP contribution in [0, 0.1) is 0 Å². The number of aryl methyl sites for hydroxylation is 1. The molecule has 0 spiro atoms. The Kier molecular flexibility index (Phi) is 7.23. The van der Waals surface area contributed by atoms with Crippen molar-refractivity contribution in [1.82, 2.24) is 24.5 Å². The smallest absolute Gasteiger partial charge is 0.352 e. The van der Waals surface area contributed by atoms with E-state index in [0.717, 1.165) is 6.20 Å². The van der Waals surface area contributed by atoms with Gasteiger partial charge in [-0.1, -0.05) is 6.92 Å². The van der Waals surface area contributed by atoms with Gasteiger partial charge in [0, 0.05) is 23.6 Å². The molecule has 1 aromatic carbocycles. The van der Waals surface area contributed by atoms with Crippen molar-refractivity contribution >= 4 is 29.2 Å². The van der Waals surface area contributed by atoms with E-state index in [4.69, 9.17) is 0 Å². The molecule has 3 aromatic heterocycles. The normalized spacial score (nSPS) is 11.8. The van der Waals surface area contributed by atoms with Crippen LogP contribution in [0.15, 0.2) is 48.9 Å². The van der Waals surface area contributed by atoms with Crippen LogP contribution in [0.2, 0.25) is 0 Å². The maximum Gasteiger partial charge on any atom is 0.435 e. The van der Waals surface area contributed by atoms with Gasteiger partial charge in [-0.05, 0) is 42.3 Å². The maximum absolute atomic E-state index is 13.6. The van der Waals surface area contributed by atoms with Crippen molar-refractivity contribution in [3.05, 3.63) is 65.7 Å². The second-order valence-electron chi connectivity index (χ2n) is 7.99. The fourth-order valence-corrected chi connectivity index (χ4v) is 3.93. The zero-order valence-electron chi connectivity index (χ0n) is 19.4. The summed E-state index contributed by atoms with van der Waals surface area (Å²) in [6.45, 7) is 0.780. The number of carbonyl (C=O) groups is 2. The molecule has 37 heavy (non-hydrogen) atoms. The topological polar surface area (TPSA) is 93.3 Å². The highest BCUT2D eigenvalue weighted by atomic mass is 19.4. The Bertz CT molecular complexity index is 1440. The molecule has 0 radical (unpaired) electrons. The van der Waals surface area contributed by atoms with Crippen molar-refractivity contribution in [1.29, 1.82) is 0 Å². The van der Waals surface area contributed by atoms with E-state index in [-0.39, 0.29) is 29.4 Å². The molecule has 2 N–H and O–H groups in total. The van der Waals surface area contributed by atoms with Crippen LogP contribution in [0.25, 0.3) is 16.9 Å². The average Bonchev–Trinajstić information content (AvgIpc) is 3.46. The summed E-state index contributed by atoms with van der Waals surface area (Å²) >= 11 is 0. The number of aldehydes is 1. The van der Waals surface area contributed by atoms with Crippen molar-refractivity contribution in [2.75, 3.05) is 11.9 Å². The minimum atomic E-state index is -4.86. The van der Waals surface area contributed by atoms with Crippen LogP contribution >= 0.6 is 0 Å². The number of aromatic nitrogens is 4. The number of alkyl halides is 5. The van der Waals surface area contributed by atoms with Gasteiger partial charge in [0.1, 0.15) is 12.8 Å². The molecule has 194 valence electrons. The quantitative estimate of drug-likeness (QED) is 0.246. The number of carbonyl (C=O) groups excluding carboxylic acids is 2. The Labute approximate surface area is 207 Å². The van der Waals surface area contributed by atoms with Crippen LogP contribution in [0.1, 0.15) is 28.5 Å². The largest absolute Gasteiger partial charge is 0.435 e. The van der Waals surface area contributed by atoms with Crippen molar-refractivity contribution in [3.63, 3.8) is 0 Å². The summed E-state index contributed by atoms with van der Waals surface area (Å²) in [7, 11) is 0. The van der Waals surface area contributed by atoms with E-state index in [2.05, 4.69) is 20.7 Å². The van der Waals surface area contributed by atoms with Crippen LogP contribution in [0.3, 0.4) is 0 Å². The van der Waals surface area contributed by atoms with Crippen LogP contribution < -0.4 is 10.6 Å². The second kappa shape index (κ2) is 10.4. The molecule has 0 aliphatic heterocycles. The number of amides is 1. The first-order chi connectivity index (χ1) is 17.6. The molecule has 0 aliphatic rings. The highest BCUT2D eigenvalue weighted by molar-refractivity contribution is 5.97. The summed E-state index contributed by atoms with van der Waals surface area (Å²) in [4.78, 5) is 27.1. The van der Waals surface area contributed by atoms with Crippen LogP contribution in [0.5, 0.6) is 0 Å². The molecule has 0 atom stereocenters. The van der Waals surface area contributed by atoms with Gasteiger partial charge in [-0.15, -0.1) is 0 Å². The van der Waals surface area contributed by atoms with Gasteiger partial charge in [-0.3, -0.25) is 13.9 Å². The number of hydrogen-bond donors (Lipinski definition) is 2. The van der Waals surface area contributed by atoms with Crippen molar-refractivity contribution in [3.8, 4) is 11.3 Å². The molecule has 0 saturated heterocycles. The molecular weight excluding hydrogens is 499 g/mol. The number of hydrogen-bond acceptors (Lipinski definition) is 5. The van der Waals surface area contributed by atoms with Crippen molar-refractivity contribution in [2.24, 2.45) is 0 Å². The minimum absolute atomic E-state index is 0.0305. The number of benzene rings is 1. The van der Waals surface area contributed by atoms with Gasteiger partial charge in [0.15, 0.2) is 11.3 Å². The summed E-state index contributed by atoms with van der Waals surface area (Å²) in [5.41, 5.74) is 0.842. The number of nitrogens with one attached hydrogen (secondary N) is 2. The highest BCUT2D eigenvalue weighted by Crippen LogP contribution is 2.37. The zero-order chi connectivity index (χ0) is 26.7. The monoisotopic (exact) mass is 520 g/mol. The van der Waals surface area contributed by atoms with E-state index in [1.54, 1.807) is 30.3 Å². The third-order valence-electron chi connectivity index (χ3n) is 5.52. The number of nitrogens with zero attached hydrogens (tertiary/aromatic N) is 4. The first-order valence-electron chi connectivity index (χ1n) is 11.1. The molecule has 0 bridgehead atoms. The zero-order valence-corrected chi connectivity index (χ0v) is 19.4. The first-order valence-corrected chi connectivity index (χ1v) is 11.1. The predicted octanol–water partition coefficient (Wildman–Crippen LogP) is 4.72. The molecule has 3 heterocycles. The highest BCUT2D eigenvalue weighted by Gasteiger charge is 2.38. The number of anilines is 2. The maximum atomic E-state index is 13.6. The fourth-order valence-electron chi connectivity index (χ4n) is 3.93. The van der Waals surface area contributed by atoms with Gasteiger partial charge in [-0.2, -0.15) is 18.3 Å². The molecule has 0 saturated carbocycles. The lowest BCUT2D eigenvalue weighted by Gasteiger charge is -2.13. The average molecular weight is 520 g/mol. The molecule has 0 aliphatic carbocycles. The van der Waals surface area contributed by atoms with Gasteiger partial charge in [0.2, 0.25) is 0 Å². The second-order valence-corrected chi connectivity index (χ2v) is 7.99. The Morgan fingerprint density at radius 1 is 1.22 bits per heavy atom. The van der Waals surface area contributed by atoms with Gasteiger partial charge >= 0.3 is 6.18 Å². The van der Waals surface area contributed by atoms with E-state index in [0.29, 0.717) is 39.9 Å². The van der Waals surface area contributed by atoms with Crippen molar-refractivity contribution < 1.29 is 31.5 Å². The Morgan fingerprint density at radius 3 is 2.68 bits per heavy atom. The molecule has 8 nitrogen and oxygen atoms in total. The van der Waals surface area contributed by atoms with Crippen LogP contribution in [0.4, 0.5) is 33.3 Å². The number of halogens is 5. The number of rotatable bonds is 9. The molecule has 4 aromatic rings. The van der Waals surface area contributed by atoms with Crippen LogP contribution in [-0.2, 0) is 23.9 Å². The minimum Gasteiger partial charge on any atom is -0.352 e. The Balaban J connectivity index is 1.70. The van der Waals surface area contributed by atoms with Gasteiger partial charge in [-0.25, -0.2) is 13.8 Å². The predicted molar refractivity (Wildman–Crippen MR) is 125 cm³/mol. The first kappa shape index (κ1) is 25.8. The van der Waals surface area contributed by atoms with E-state index in [1.807, 2.05) is 6.92 Å². The fraction of sp³-hybridized carbons (Fsp3) is 0.250. The summed E-state index contributed by atoms with van der Waals surface area (Å²) in [5.74, 6) is -0.386. The van der Waals surface area contributed by atoms with E-state index in [1.165, 1.54) is 16.8 Å². The lowest BCUT2D eigenvalue weighted by atomic mass is 10.0. The summed E-state index contributed by atoms with van der Waals surface area (Å²) < 4.78 is 68.5. The molecule has 0 fully saturated rings. The van der Waals surface area contributed by atoms with E-state index >= 15 is 0 Å². The summed E-state index contributed by atoms with van der Waals surface area (Å²) in [5, 5.41) is 8.99. The number of fused-ring (bicyclic) bond motifs is 1. The standard InChI is InChI=1S/C24H21F5N6O2/c1-2-14-10-15(5-6-16(14)23(37)30-7-9-36)32-18-4-3-8-35-19(11-31-22(18)35)17-12-34(13-20(25)26)33-21(17)24(27,28)29/h3-6,8-12,20,32H,2,7,13H2,1H3,(H,30,37). The van der Waals surface area contributed by atoms with Gasteiger partial charge in [0.05, 0.1) is 29.7 Å². The lowest BCUT2D eigenvalue weighted by molar-refractivity contribution is -0.141. The van der Waals surface area contributed by atoms with Gasteiger partial charge in [0.25, 0.3) is 12.3 Å². The summed E-state index contributed by atoms with van der Waals surface area (Å²) in [6, 6.07) is 8.27. The summed E-state index contributed by atoms with van der Waals surface area (Å²) in [6.07, 6.45) is -2.97. The molecular formula is C24H21F5N6O2. The molecule has 1 amide bonds. The van der Waals surface area contributed by atoms with Crippen LogP contribution in [-0.4, -0.2) is 44.3 Å².